The van der Waals surface area contributed by atoms with Gasteiger partial charge in [-0.25, -0.2) is 0 Å². The minimum absolute atomic E-state index is 0.0284. The lowest BCUT2D eigenvalue weighted by molar-refractivity contribution is 0.481. The van der Waals surface area contributed by atoms with Gasteiger partial charge in [-0.3, -0.25) is 9.11 Å². The molecule has 44 heavy (non-hydrogen) atoms. The zero-order valence-electron chi connectivity index (χ0n) is 27.5. The Morgan fingerprint density at radius 3 is 0.841 bits per heavy atom. The number of unbranched alkanes of at least 4 members (excludes halogenated alkanes) is 18. The third-order valence-corrected chi connectivity index (χ3v) is 9.82. The van der Waals surface area contributed by atoms with E-state index in [1.807, 2.05) is 0 Å². The smallest absolute Gasteiger partial charge is 0.282 e. The first-order valence-corrected chi connectivity index (χ1v) is 20.1. The lowest BCUT2D eigenvalue weighted by atomic mass is 10.0. The van der Waals surface area contributed by atoms with E-state index in [0.29, 0.717) is 0 Å². The van der Waals surface area contributed by atoms with Gasteiger partial charge in [0.05, 0.1) is 9.79 Å². The average molecular weight is 653 g/mol. The molecule has 2 aromatic carbocycles. The standard InChI is InChI=1S/2C18H30O3S/c2*1-2-3-4-5-6-7-8-9-10-11-12-17-13-15-18(16-14-17)22(19,20)21/h2*13-16H,2-12H2,1H3,(H,19,20,21). The summed E-state index contributed by atoms with van der Waals surface area (Å²) < 4.78 is 61.6. The second-order valence-electron chi connectivity index (χ2n) is 12.1. The molecule has 0 aromatic heterocycles. The molecule has 6 nitrogen and oxygen atoms in total. The zero-order chi connectivity index (χ0) is 32.5. The van der Waals surface area contributed by atoms with Crippen LogP contribution >= 0.6 is 0 Å². The molecule has 0 bridgehead atoms. The van der Waals surface area contributed by atoms with E-state index in [-0.39, 0.29) is 9.79 Å². The molecule has 0 radical (unpaired) electrons. The first-order chi connectivity index (χ1) is 21.1. The monoisotopic (exact) mass is 652 g/mol. The number of hydrogen-bond acceptors (Lipinski definition) is 4. The fourth-order valence-electron chi connectivity index (χ4n) is 5.29. The predicted octanol–water partition coefficient (Wildman–Crippen LogP) is 10.8. The molecule has 0 saturated carbocycles. The van der Waals surface area contributed by atoms with Crippen molar-refractivity contribution in [3.8, 4) is 0 Å². The van der Waals surface area contributed by atoms with Crippen LogP contribution in [0, 0.1) is 0 Å². The molecule has 0 fully saturated rings. The zero-order valence-corrected chi connectivity index (χ0v) is 29.2. The van der Waals surface area contributed by atoms with Gasteiger partial charge in [-0.1, -0.05) is 154 Å². The molecule has 2 aromatic rings. The van der Waals surface area contributed by atoms with E-state index in [0.717, 1.165) is 36.8 Å². The molecule has 0 unspecified atom stereocenters. The Morgan fingerprint density at radius 2 is 0.614 bits per heavy atom. The minimum Gasteiger partial charge on any atom is -0.282 e. The van der Waals surface area contributed by atoms with Gasteiger partial charge in [0, 0.05) is 0 Å². The van der Waals surface area contributed by atoms with E-state index < -0.39 is 20.2 Å². The number of benzene rings is 2. The van der Waals surface area contributed by atoms with Gasteiger partial charge >= 0.3 is 0 Å². The second kappa shape index (κ2) is 24.5. The van der Waals surface area contributed by atoms with Gasteiger partial charge in [0.1, 0.15) is 0 Å². The van der Waals surface area contributed by atoms with E-state index in [9.17, 15) is 16.8 Å². The summed E-state index contributed by atoms with van der Waals surface area (Å²) in [6, 6.07) is 13.0. The highest BCUT2D eigenvalue weighted by Crippen LogP contribution is 2.16. The minimum atomic E-state index is -4.06. The van der Waals surface area contributed by atoms with Crippen LogP contribution < -0.4 is 0 Å². The molecule has 0 aliphatic rings. The van der Waals surface area contributed by atoms with E-state index in [1.165, 1.54) is 140 Å². The SMILES string of the molecule is CCCCCCCCCCCCc1ccc(S(=O)(=O)O)cc1.CCCCCCCCCCCCc1ccc(S(=O)(=O)O)cc1. The Morgan fingerprint density at radius 1 is 0.386 bits per heavy atom. The van der Waals surface area contributed by atoms with Crippen molar-refractivity contribution in [3.63, 3.8) is 0 Å². The Kier molecular flexibility index (Phi) is 22.4. The summed E-state index contributed by atoms with van der Waals surface area (Å²) in [5.74, 6) is 0. The molecule has 8 heteroatoms. The summed E-state index contributed by atoms with van der Waals surface area (Å²) in [5.41, 5.74) is 2.26. The summed E-state index contributed by atoms with van der Waals surface area (Å²) >= 11 is 0. The predicted molar refractivity (Wildman–Crippen MR) is 184 cm³/mol. The summed E-state index contributed by atoms with van der Waals surface area (Å²) in [6.07, 6.45) is 28.3. The first-order valence-electron chi connectivity index (χ1n) is 17.2. The van der Waals surface area contributed by atoms with E-state index in [4.69, 9.17) is 9.11 Å². The normalized spacial score (nSPS) is 11.7. The van der Waals surface area contributed by atoms with Crippen LogP contribution in [0.25, 0.3) is 0 Å². The van der Waals surface area contributed by atoms with Crippen molar-refractivity contribution in [3.05, 3.63) is 59.7 Å². The molecule has 0 spiro atoms. The van der Waals surface area contributed by atoms with Gasteiger partial charge in [-0.05, 0) is 61.1 Å². The van der Waals surface area contributed by atoms with E-state index >= 15 is 0 Å². The van der Waals surface area contributed by atoms with Gasteiger partial charge in [0.15, 0.2) is 0 Å². The summed E-state index contributed by atoms with van der Waals surface area (Å²) in [4.78, 5) is -0.0568. The molecular weight excluding hydrogens is 593 g/mol. The highest BCUT2D eigenvalue weighted by atomic mass is 32.2. The van der Waals surface area contributed by atoms with Crippen LogP contribution in [0.3, 0.4) is 0 Å². The van der Waals surface area contributed by atoms with Crippen molar-refractivity contribution in [1.82, 2.24) is 0 Å². The Bertz CT molecular complexity index is 1080. The number of aryl methyl sites for hydroxylation is 2. The van der Waals surface area contributed by atoms with Crippen molar-refractivity contribution in [2.45, 2.75) is 165 Å². The first kappa shape index (κ1) is 40.3. The van der Waals surface area contributed by atoms with Crippen LogP contribution in [-0.4, -0.2) is 25.9 Å². The number of hydrogen-bond donors (Lipinski definition) is 2. The lowest BCUT2D eigenvalue weighted by Gasteiger charge is -2.04. The van der Waals surface area contributed by atoms with Crippen molar-refractivity contribution in [2.75, 3.05) is 0 Å². The van der Waals surface area contributed by atoms with Crippen LogP contribution in [0.1, 0.15) is 153 Å². The van der Waals surface area contributed by atoms with Crippen molar-refractivity contribution < 1.29 is 25.9 Å². The molecule has 0 aliphatic carbocycles. The largest absolute Gasteiger partial charge is 0.294 e. The topological polar surface area (TPSA) is 109 Å². The highest BCUT2D eigenvalue weighted by molar-refractivity contribution is 7.86. The average Bonchev–Trinajstić information content (AvgIpc) is 2.99. The van der Waals surface area contributed by atoms with Gasteiger partial charge in [0.25, 0.3) is 20.2 Å². The van der Waals surface area contributed by atoms with Gasteiger partial charge in [0.2, 0.25) is 0 Å². The van der Waals surface area contributed by atoms with Crippen LogP contribution in [0.2, 0.25) is 0 Å². The summed E-state index contributed by atoms with van der Waals surface area (Å²) in [6.45, 7) is 4.49. The van der Waals surface area contributed by atoms with Crippen LogP contribution in [0.15, 0.2) is 58.3 Å². The van der Waals surface area contributed by atoms with Crippen molar-refractivity contribution >= 4 is 20.2 Å². The molecule has 2 N–H and O–H groups in total. The second-order valence-corrected chi connectivity index (χ2v) is 14.9. The summed E-state index contributed by atoms with van der Waals surface area (Å²) in [7, 11) is -8.13. The molecular formula is C36H60O6S2. The van der Waals surface area contributed by atoms with Gasteiger partial charge in [-0.2, -0.15) is 16.8 Å². The van der Waals surface area contributed by atoms with Crippen LogP contribution in [0.5, 0.6) is 0 Å². The Labute approximate surface area is 270 Å². The van der Waals surface area contributed by atoms with Crippen LogP contribution in [-0.2, 0) is 33.1 Å². The Balaban J connectivity index is 0.000000440. The molecule has 0 amide bonds. The van der Waals surface area contributed by atoms with E-state index in [2.05, 4.69) is 13.8 Å². The molecule has 252 valence electrons. The quantitative estimate of drug-likeness (QED) is 0.0862. The van der Waals surface area contributed by atoms with Crippen LogP contribution in [0.4, 0.5) is 0 Å². The molecule has 0 heterocycles. The third kappa shape index (κ3) is 21.1. The van der Waals surface area contributed by atoms with Gasteiger partial charge in [-0.15, -0.1) is 0 Å². The molecule has 0 atom stereocenters. The highest BCUT2D eigenvalue weighted by Gasteiger charge is 2.09. The van der Waals surface area contributed by atoms with Crippen molar-refractivity contribution in [1.29, 1.82) is 0 Å². The third-order valence-electron chi connectivity index (χ3n) is 8.08. The lowest BCUT2D eigenvalue weighted by Crippen LogP contribution is -1.98. The van der Waals surface area contributed by atoms with Crippen molar-refractivity contribution in [2.24, 2.45) is 0 Å². The fraction of sp³-hybridized carbons (Fsp3) is 0.667. The molecule has 0 saturated heterocycles. The Hall–Kier alpha value is -1.74. The maximum Gasteiger partial charge on any atom is 0.294 e. The number of rotatable bonds is 24. The maximum atomic E-state index is 10.9. The van der Waals surface area contributed by atoms with E-state index in [1.54, 1.807) is 24.3 Å². The fourth-order valence-corrected chi connectivity index (χ4v) is 6.25. The summed E-state index contributed by atoms with van der Waals surface area (Å²) in [5, 5.41) is 0. The molecule has 0 aliphatic heterocycles. The maximum absolute atomic E-state index is 10.9. The van der Waals surface area contributed by atoms with Gasteiger partial charge < -0.3 is 0 Å². The molecule has 2 rings (SSSR count).